The molecular weight excluding hydrogens is 220 g/mol. The predicted molar refractivity (Wildman–Crippen MR) is 62.5 cm³/mol. The summed E-state index contributed by atoms with van der Waals surface area (Å²) in [5.41, 5.74) is 0.578. The number of ketones is 1. The van der Waals surface area contributed by atoms with Crippen LogP contribution in [0.25, 0.3) is 0 Å². The highest BCUT2D eigenvalue weighted by Gasteiger charge is 2.15. The van der Waals surface area contributed by atoms with Crippen molar-refractivity contribution >= 4 is 5.78 Å². The summed E-state index contributed by atoms with van der Waals surface area (Å²) in [6, 6.07) is 5.14. The van der Waals surface area contributed by atoms with E-state index < -0.39 is 0 Å². The Labute approximate surface area is 99.8 Å². The van der Waals surface area contributed by atoms with Gasteiger partial charge in [-0.05, 0) is 25.1 Å². The Kier molecular flexibility index (Phi) is 3.77. The highest BCUT2D eigenvalue weighted by atomic mass is 16.7. The molecule has 2 rings (SSSR count). The van der Waals surface area contributed by atoms with Gasteiger partial charge in [0.25, 0.3) is 0 Å². The van der Waals surface area contributed by atoms with Crippen LogP contribution in [0.3, 0.4) is 0 Å². The lowest BCUT2D eigenvalue weighted by Crippen LogP contribution is -2.09. The highest BCUT2D eigenvalue weighted by molar-refractivity contribution is 5.97. The van der Waals surface area contributed by atoms with Crippen molar-refractivity contribution in [1.29, 1.82) is 0 Å². The number of allylic oxidation sites excluding steroid dienone is 1. The molecule has 1 aromatic carbocycles. The molecule has 0 bridgehead atoms. The molecule has 1 aliphatic heterocycles. The van der Waals surface area contributed by atoms with E-state index in [1.165, 1.54) is 0 Å². The van der Waals surface area contributed by atoms with E-state index in [1.807, 2.05) is 19.1 Å². The van der Waals surface area contributed by atoms with Gasteiger partial charge in [0.05, 0.1) is 6.61 Å². The zero-order chi connectivity index (χ0) is 12.1. The maximum atomic E-state index is 11.8. The van der Waals surface area contributed by atoms with Crippen LogP contribution >= 0.6 is 0 Å². The fraction of sp³-hybridized carbons (Fsp3) is 0.308. The molecule has 0 fully saturated rings. The first kappa shape index (κ1) is 11.7. The third kappa shape index (κ3) is 2.85. The Morgan fingerprint density at radius 2 is 2.24 bits per heavy atom. The Bertz CT molecular complexity index is 437. The minimum Gasteiger partial charge on any atom is -0.454 e. The molecule has 0 radical (unpaired) electrons. The van der Waals surface area contributed by atoms with Crippen LogP contribution in [0.5, 0.6) is 11.5 Å². The summed E-state index contributed by atoms with van der Waals surface area (Å²) < 4.78 is 15.6. The molecule has 0 saturated carbocycles. The molecule has 0 saturated heterocycles. The van der Waals surface area contributed by atoms with Crippen LogP contribution in [-0.4, -0.2) is 25.8 Å². The van der Waals surface area contributed by atoms with Gasteiger partial charge in [0.2, 0.25) is 6.79 Å². The molecule has 0 amide bonds. The van der Waals surface area contributed by atoms with Gasteiger partial charge in [0.15, 0.2) is 17.3 Å². The summed E-state index contributed by atoms with van der Waals surface area (Å²) in [6.07, 6.45) is 3.73. The Morgan fingerprint density at radius 1 is 1.41 bits per heavy atom. The van der Waals surface area contributed by atoms with E-state index in [4.69, 9.17) is 14.2 Å². The molecule has 17 heavy (non-hydrogen) atoms. The number of carbonyl (C=O) groups excluding carboxylic acids is 1. The van der Waals surface area contributed by atoms with Crippen LogP contribution < -0.4 is 9.47 Å². The van der Waals surface area contributed by atoms with Crippen LogP contribution in [0.4, 0.5) is 0 Å². The van der Waals surface area contributed by atoms with Crippen molar-refractivity contribution in [1.82, 2.24) is 0 Å². The summed E-state index contributed by atoms with van der Waals surface area (Å²) in [5, 5.41) is 0. The molecule has 1 aromatic rings. The maximum Gasteiger partial charge on any atom is 0.231 e. The molecule has 0 unspecified atom stereocenters. The third-order valence-corrected chi connectivity index (χ3v) is 2.38. The number of ether oxygens (including phenoxy) is 3. The molecule has 4 heteroatoms. The SMILES string of the molecule is CC=CCOCC(=O)c1ccc2c(c1)OCO2. The van der Waals surface area contributed by atoms with Crippen molar-refractivity contribution in [2.75, 3.05) is 20.0 Å². The lowest BCUT2D eigenvalue weighted by atomic mass is 10.1. The van der Waals surface area contributed by atoms with E-state index >= 15 is 0 Å². The van der Waals surface area contributed by atoms with E-state index in [0.29, 0.717) is 23.7 Å². The van der Waals surface area contributed by atoms with Gasteiger partial charge in [-0.25, -0.2) is 0 Å². The normalized spacial score (nSPS) is 13.2. The number of hydrogen-bond donors (Lipinski definition) is 0. The lowest BCUT2D eigenvalue weighted by molar-refractivity contribution is 0.0805. The molecule has 0 atom stereocenters. The van der Waals surface area contributed by atoms with Crippen molar-refractivity contribution < 1.29 is 19.0 Å². The van der Waals surface area contributed by atoms with E-state index in [0.717, 1.165) is 0 Å². The predicted octanol–water partition coefficient (Wildman–Crippen LogP) is 2.19. The molecule has 0 spiro atoms. The van der Waals surface area contributed by atoms with Crippen molar-refractivity contribution in [2.24, 2.45) is 0 Å². The molecule has 1 aliphatic rings. The minimum atomic E-state index is -0.0622. The average molecular weight is 234 g/mol. The van der Waals surface area contributed by atoms with Crippen molar-refractivity contribution in [3.05, 3.63) is 35.9 Å². The number of benzene rings is 1. The van der Waals surface area contributed by atoms with Gasteiger partial charge in [0, 0.05) is 5.56 Å². The first-order chi connectivity index (χ1) is 8.31. The quantitative estimate of drug-likeness (QED) is 0.445. The fourth-order valence-corrected chi connectivity index (χ4v) is 1.47. The number of fused-ring (bicyclic) bond motifs is 1. The van der Waals surface area contributed by atoms with Gasteiger partial charge in [-0.1, -0.05) is 12.2 Å². The highest BCUT2D eigenvalue weighted by Crippen LogP contribution is 2.32. The van der Waals surface area contributed by atoms with Gasteiger partial charge >= 0.3 is 0 Å². The molecule has 0 aliphatic carbocycles. The molecular formula is C13H14O4. The Morgan fingerprint density at radius 3 is 3.06 bits per heavy atom. The number of Topliss-reactive ketones (excluding diaryl/α,β-unsaturated/α-hetero) is 1. The second kappa shape index (κ2) is 5.50. The number of hydrogen-bond acceptors (Lipinski definition) is 4. The molecule has 90 valence electrons. The summed E-state index contributed by atoms with van der Waals surface area (Å²) in [5.74, 6) is 1.23. The molecule has 0 aromatic heterocycles. The first-order valence-corrected chi connectivity index (χ1v) is 5.43. The van der Waals surface area contributed by atoms with Gasteiger partial charge in [-0.3, -0.25) is 4.79 Å². The van der Waals surface area contributed by atoms with Crippen LogP contribution in [0.1, 0.15) is 17.3 Å². The van der Waals surface area contributed by atoms with E-state index in [2.05, 4.69) is 0 Å². The van der Waals surface area contributed by atoms with Gasteiger partial charge in [0.1, 0.15) is 6.61 Å². The third-order valence-electron chi connectivity index (χ3n) is 2.38. The summed E-state index contributed by atoms with van der Waals surface area (Å²) in [7, 11) is 0. The molecule has 0 N–H and O–H groups in total. The average Bonchev–Trinajstić information content (AvgIpc) is 2.81. The van der Waals surface area contributed by atoms with Crippen LogP contribution in [0.2, 0.25) is 0 Å². The van der Waals surface area contributed by atoms with Gasteiger partial charge in [-0.2, -0.15) is 0 Å². The Balaban J connectivity index is 1.95. The largest absolute Gasteiger partial charge is 0.454 e. The zero-order valence-electron chi connectivity index (χ0n) is 9.64. The number of rotatable bonds is 5. The van der Waals surface area contributed by atoms with E-state index in [1.54, 1.807) is 18.2 Å². The summed E-state index contributed by atoms with van der Waals surface area (Å²) in [6.45, 7) is 2.64. The Hall–Kier alpha value is -1.81. The van der Waals surface area contributed by atoms with Gasteiger partial charge < -0.3 is 14.2 Å². The standard InChI is InChI=1S/C13H14O4/c1-2-3-6-15-8-11(14)10-4-5-12-13(7-10)17-9-16-12/h2-5,7H,6,8-9H2,1H3. The summed E-state index contributed by atoms with van der Waals surface area (Å²) in [4.78, 5) is 11.8. The zero-order valence-corrected chi connectivity index (χ0v) is 9.64. The van der Waals surface area contributed by atoms with Crippen molar-refractivity contribution in [3.63, 3.8) is 0 Å². The van der Waals surface area contributed by atoms with Crippen LogP contribution in [-0.2, 0) is 4.74 Å². The monoisotopic (exact) mass is 234 g/mol. The van der Waals surface area contributed by atoms with Crippen LogP contribution in [0.15, 0.2) is 30.4 Å². The first-order valence-electron chi connectivity index (χ1n) is 5.43. The maximum absolute atomic E-state index is 11.8. The smallest absolute Gasteiger partial charge is 0.231 e. The summed E-state index contributed by atoms with van der Waals surface area (Å²) >= 11 is 0. The molecule has 4 nitrogen and oxygen atoms in total. The van der Waals surface area contributed by atoms with Crippen LogP contribution in [0, 0.1) is 0 Å². The second-order valence-corrected chi connectivity index (χ2v) is 3.58. The van der Waals surface area contributed by atoms with Crippen molar-refractivity contribution in [2.45, 2.75) is 6.92 Å². The second-order valence-electron chi connectivity index (χ2n) is 3.58. The van der Waals surface area contributed by atoms with E-state index in [-0.39, 0.29) is 19.2 Å². The van der Waals surface area contributed by atoms with Gasteiger partial charge in [-0.15, -0.1) is 0 Å². The topological polar surface area (TPSA) is 44.8 Å². The lowest BCUT2D eigenvalue weighted by Gasteiger charge is -2.02. The van der Waals surface area contributed by atoms with E-state index in [9.17, 15) is 4.79 Å². The fourth-order valence-electron chi connectivity index (χ4n) is 1.47. The van der Waals surface area contributed by atoms with Crippen molar-refractivity contribution in [3.8, 4) is 11.5 Å². The number of carbonyl (C=O) groups is 1. The minimum absolute atomic E-state index is 0.0622. The molecule has 1 heterocycles.